The first kappa shape index (κ1) is 17.9. The van der Waals surface area contributed by atoms with Crippen LogP contribution in [0.25, 0.3) is 0 Å². The maximum Gasteiger partial charge on any atom is 0.224 e. The van der Waals surface area contributed by atoms with Crippen molar-refractivity contribution in [3.05, 3.63) is 33.8 Å². The maximum absolute atomic E-state index is 12.3. The molecule has 0 spiro atoms. The molecule has 2 aliphatic rings. The van der Waals surface area contributed by atoms with E-state index >= 15 is 0 Å². The Balaban J connectivity index is 0.00000176. The minimum atomic E-state index is 0. The summed E-state index contributed by atoms with van der Waals surface area (Å²) in [6, 6.07) is 5.51. The Morgan fingerprint density at radius 3 is 2.41 bits per heavy atom. The zero-order valence-electron chi connectivity index (χ0n) is 12.2. The fraction of sp³-hybridized carbons (Fsp3) is 0.562. The number of benzene rings is 1. The second kappa shape index (κ2) is 7.39. The molecule has 122 valence electrons. The molecule has 2 bridgehead atoms. The van der Waals surface area contributed by atoms with Crippen LogP contribution < -0.4 is 11.1 Å². The van der Waals surface area contributed by atoms with E-state index in [0.717, 1.165) is 24.8 Å². The molecule has 6 heteroatoms. The molecule has 1 aromatic carbocycles. The fourth-order valence-electron chi connectivity index (χ4n) is 3.93. The molecular formula is C16H21Cl3N2O. The van der Waals surface area contributed by atoms with E-state index in [2.05, 4.69) is 5.32 Å². The van der Waals surface area contributed by atoms with Gasteiger partial charge in [0.15, 0.2) is 0 Å². The standard InChI is InChI=1S/C16H20Cl2N2O.ClH/c17-12-5-9(6-13(18)8-12)3-4-20-16(21)14-10-1-2-11(7-10)15(14)19;/h5-6,8,10-11,14-15H,1-4,7,19H2,(H,20,21);1H. The van der Waals surface area contributed by atoms with Gasteiger partial charge in [-0.3, -0.25) is 4.79 Å². The van der Waals surface area contributed by atoms with Crippen LogP contribution in [0.4, 0.5) is 0 Å². The van der Waals surface area contributed by atoms with Crippen molar-refractivity contribution in [2.45, 2.75) is 31.7 Å². The van der Waals surface area contributed by atoms with Crippen molar-refractivity contribution < 1.29 is 4.79 Å². The highest BCUT2D eigenvalue weighted by Crippen LogP contribution is 2.47. The highest BCUT2D eigenvalue weighted by molar-refractivity contribution is 6.34. The SMILES string of the molecule is Cl.NC1C2CCC(C2)C1C(=O)NCCc1cc(Cl)cc(Cl)c1. The van der Waals surface area contributed by atoms with Crippen LogP contribution in [0.15, 0.2) is 18.2 Å². The molecule has 3 rings (SSSR count). The summed E-state index contributed by atoms with van der Waals surface area (Å²) in [5.41, 5.74) is 7.22. The molecule has 1 amide bonds. The second-order valence-electron chi connectivity index (χ2n) is 6.26. The van der Waals surface area contributed by atoms with Crippen molar-refractivity contribution >= 4 is 41.5 Å². The van der Waals surface area contributed by atoms with E-state index in [1.54, 1.807) is 6.07 Å². The zero-order chi connectivity index (χ0) is 15.0. The van der Waals surface area contributed by atoms with Crippen molar-refractivity contribution in [3.8, 4) is 0 Å². The first-order valence-corrected chi connectivity index (χ1v) is 8.28. The van der Waals surface area contributed by atoms with E-state index < -0.39 is 0 Å². The average Bonchev–Trinajstić information content (AvgIpc) is 2.98. The predicted molar refractivity (Wildman–Crippen MR) is 92.7 cm³/mol. The molecule has 2 fully saturated rings. The van der Waals surface area contributed by atoms with Gasteiger partial charge in [0.2, 0.25) is 5.91 Å². The van der Waals surface area contributed by atoms with Crippen molar-refractivity contribution in [1.29, 1.82) is 0 Å². The number of hydrogen-bond acceptors (Lipinski definition) is 2. The van der Waals surface area contributed by atoms with Gasteiger partial charge in [0, 0.05) is 22.6 Å². The van der Waals surface area contributed by atoms with Crippen LogP contribution in [0, 0.1) is 17.8 Å². The van der Waals surface area contributed by atoms with Crippen molar-refractivity contribution in [3.63, 3.8) is 0 Å². The van der Waals surface area contributed by atoms with E-state index in [9.17, 15) is 4.79 Å². The van der Waals surface area contributed by atoms with Crippen LogP contribution in [-0.4, -0.2) is 18.5 Å². The molecule has 4 atom stereocenters. The normalized spacial score (nSPS) is 29.2. The number of carbonyl (C=O) groups excluding carboxylic acids is 1. The van der Waals surface area contributed by atoms with Gasteiger partial charge in [0.05, 0.1) is 5.92 Å². The number of fused-ring (bicyclic) bond motifs is 2. The minimum absolute atomic E-state index is 0. The summed E-state index contributed by atoms with van der Waals surface area (Å²) < 4.78 is 0. The number of nitrogens with one attached hydrogen (secondary N) is 1. The molecule has 3 N–H and O–H groups in total. The maximum atomic E-state index is 12.3. The third-order valence-corrected chi connectivity index (χ3v) is 5.36. The molecule has 4 unspecified atom stereocenters. The summed E-state index contributed by atoms with van der Waals surface area (Å²) in [6.45, 7) is 0.593. The second-order valence-corrected chi connectivity index (χ2v) is 7.13. The molecule has 0 radical (unpaired) electrons. The average molecular weight is 364 g/mol. The van der Waals surface area contributed by atoms with Crippen LogP contribution in [0.1, 0.15) is 24.8 Å². The van der Waals surface area contributed by atoms with Gasteiger partial charge < -0.3 is 11.1 Å². The van der Waals surface area contributed by atoms with Gasteiger partial charge in [-0.05, 0) is 61.3 Å². The lowest BCUT2D eigenvalue weighted by Crippen LogP contribution is -2.45. The van der Waals surface area contributed by atoms with Crippen LogP contribution >= 0.6 is 35.6 Å². The summed E-state index contributed by atoms with van der Waals surface area (Å²) in [5.74, 6) is 1.16. The van der Waals surface area contributed by atoms with Crippen molar-refractivity contribution in [1.82, 2.24) is 5.32 Å². The Bertz CT molecular complexity index is 530. The number of hydrogen-bond donors (Lipinski definition) is 2. The number of carbonyl (C=O) groups is 1. The van der Waals surface area contributed by atoms with Crippen LogP contribution in [0.3, 0.4) is 0 Å². The monoisotopic (exact) mass is 362 g/mol. The molecule has 0 aromatic heterocycles. The van der Waals surface area contributed by atoms with Crippen LogP contribution in [-0.2, 0) is 11.2 Å². The molecule has 0 heterocycles. The number of rotatable bonds is 4. The summed E-state index contributed by atoms with van der Waals surface area (Å²) in [4.78, 5) is 12.3. The summed E-state index contributed by atoms with van der Waals surface area (Å²) in [7, 11) is 0. The van der Waals surface area contributed by atoms with Crippen LogP contribution in [0.2, 0.25) is 10.0 Å². The quantitative estimate of drug-likeness (QED) is 0.861. The van der Waals surface area contributed by atoms with Gasteiger partial charge in [-0.1, -0.05) is 23.2 Å². The van der Waals surface area contributed by atoms with E-state index in [1.165, 1.54) is 6.42 Å². The molecule has 1 aromatic rings. The van der Waals surface area contributed by atoms with Gasteiger partial charge in [0.25, 0.3) is 0 Å². The molecule has 3 nitrogen and oxygen atoms in total. The number of halogens is 3. The fourth-order valence-corrected chi connectivity index (χ4v) is 4.50. The van der Waals surface area contributed by atoms with Crippen LogP contribution in [0.5, 0.6) is 0 Å². The molecule has 0 aliphatic heterocycles. The zero-order valence-corrected chi connectivity index (χ0v) is 14.6. The van der Waals surface area contributed by atoms with Gasteiger partial charge in [-0.2, -0.15) is 0 Å². The Morgan fingerprint density at radius 2 is 1.82 bits per heavy atom. The van der Waals surface area contributed by atoms with Gasteiger partial charge >= 0.3 is 0 Å². The molecule has 2 aliphatic carbocycles. The Labute approximate surface area is 147 Å². The van der Waals surface area contributed by atoms with E-state index in [1.807, 2.05) is 12.1 Å². The van der Waals surface area contributed by atoms with E-state index in [0.29, 0.717) is 28.4 Å². The molecule has 0 saturated heterocycles. The van der Waals surface area contributed by atoms with Crippen molar-refractivity contribution in [2.75, 3.05) is 6.54 Å². The highest BCUT2D eigenvalue weighted by Gasteiger charge is 2.48. The Hall–Kier alpha value is -0.480. The lowest BCUT2D eigenvalue weighted by atomic mass is 9.84. The Morgan fingerprint density at radius 1 is 1.18 bits per heavy atom. The number of amides is 1. The van der Waals surface area contributed by atoms with Gasteiger partial charge in [-0.25, -0.2) is 0 Å². The number of nitrogens with two attached hydrogens (primary N) is 1. The lowest BCUT2D eigenvalue weighted by Gasteiger charge is -2.27. The summed E-state index contributed by atoms with van der Waals surface area (Å²) in [6.07, 6.45) is 4.20. The lowest BCUT2D eigenvalue weighted by molar-refractivity contribution is -0.127. The smallest absolute Gasteiger partial charge is 0.224 e. The van der Waals surface area contributed by atoms with Gasteiger partial charge in [0.1, 0.15) is 0 Å². The van der Waals surface area contributed by atoms with Gasteiger partial charge in [-0.15, -0.1) is 12.4 Å². The Kier molecular flexibility index (Phi) is 6.00. The molecule has 2 saturated carbocycles. The van der Waals surface area contributed by atoms with E-state index in [-0.39, 0.29) is 30.3 Å². The molecular weight excluding hydrogens is 343 g/mol. The third kappa shape index (κ3) is 3.70. The highest BCUT2D eigenvalue weighted by atomic mass is 35.5. The first-order chi connectivity index (χ1) is 10.0. The third-order valence-electron chi connectivity index (χ3n) is 4.92. The van der Waals surface area contributed by atoms with Crippen molar-refractivity contribution in [2.24, 2.45) is 23.5 Å². The molecule has 22 heavy (non-hydrogen) atoms. The first-order valence-electron chi connectivity index (χ1n) is 7.53. The minimum Gasteiger partial charge on any atom is -0.355 e. The summed E-state index contributed by atoms with van der Waals surface area (Å²) in [5, 5.41) is 4.27. The largest absolute Gasteiger partial charge is 0.355 e. The summed E-state index contributed by atoms with van der Waals surface area (Å²) >= 11 is 11.9. The van der Waals surface area contributed by atoms with E-state index in [4.69, 9.17) is 28.9 Å². The predicted octanol–water partition coefficient (Wildman–Crippen LogP) is 3.45. The topological polar surface area (TPSA) is 55.1 Å².